The van der Waals surface area contributed by atoms with Gasteiger partial charge >= 0.3 is 11.9 Å². The first-order chi connectivity index (χ1) is 9.19. The summed E-state index contributed by atoms with van der Waals surface area (Å²) < 4.78 is 43.3. The van der Waals surface area contributed by atoms with Gasteiger partial charge in [0.1, 0.15) is 11.9 Å². The SMILES string of the molecule is COC(=O)c1cc(F)ccc1S(=O)(=O)N[C@H](C)C(=O)O. The van der Waals surface area contributed by atoms with Gasteiger partial charge in [0.15, 0.2) is 0 Å². The summed E-state index contributed by atoms with van der Waals surface area (Å²) in [6.07, 6.45) is 0. The van der Waals surface area contributed by atoms with Crippen LogP contribution in [0.15, 0.2) is 23.1 Å². The number of halogens is 1. The van der Waals surface area contributed by atoms with Crippen molar-refractivity contribution in [3.63, 3.8) is 0 Å². The van der Waals surface area contributed by atoms with Crippen molar-refractivity contribution >= 4 is 22.0 Å². The topological polar surface area (TPSA) is 110 Å². The van der Waals surface area contributed by atoms with Crippen molar-refractivity contribution in [2.24, 2.45) is 0 Å². The van der Waals surface area contributed by atoms with Crippen LogP contribution >= 0.6 is 0 Å². The number of sulfonamides is 1. The van der Waals surface area contributed by atoms with Crippen molar-refractivity contribution in [2.75, 3.05) is 7.11 Å². The first-order valence-electron chi connectivity index (χ1n) is 5.32. The molecule has 1 aromatic carbocycles. The molecule has 0 fully saturated rings. The van der Waals surface area contributed by atoms with Crippen molar-refractivity contribution in [2.45, 2.75) is 17.9 Å². The quantitative estimate of drug-likeness (QED) is 0.760. The fourth-order valence-corrected chi connectivity index (χ4v) is 2.72. The summed E-state index contributed by atoms with van der Waals surface area (Å²) in [6, 6.07) is 0.993. The summed E-state index contributed by atoms with van der Waals surface area (Å²) >= 11 is 0. The maximum Gasteiger partial charge on any atom is 0.339 e. The number of carboxylic acids is 1. The zero-order valence-corrected chi connectivity index (χ0v) is 11.4. The van der Waals surface area contributed by atoms with Gasteiger partial charge in [-0.05, 0) is 25.1 Å². The van der Waals surface area contributed by atoms with Crippen LogP contribution in [0.1, 0.15) is 17.3 Å². The number of methoxy groups -OCH3 is 1. The number of hydrogen-bond acceptors (Lipinski definition) is 5. The van der Waals surface area contributed by atoms with Crippen molar-refractivity contribution in [1.82, 2.24) is 4.72 Å². The molecule has 7 nitrogen and oxygen atoms in total. The van der Waals surface area contributed by atoms with Gasteiger partial charge < -0.3 is 9.84 Å². The van der Waals surface area contributed by atoms with Crippen LogP contribution in [0, 0.1) is 5.82 Å². The third-order valence-corrected chi connectivity index (χ3v) is 3.94. The number of rotatable bonds is 5. The Hall–Kier alpha value is -2.00. The lowest BCUT2D eigenvalue weighted by Crippen LogP contribution is -2.38. The smallest absolute Gasteiger partial charge is 0.339 e. The normalized spacial score (nSPS) is 12.8. The second-order valence-electron chi connectivity index (χ2n) is 3.81. The summed E-state index contributed by atoms with van der Waals surface area (Å²) in [5, 5.41) is 8.68. The molecule has 0 radical (unpaired) electrons. The average Bonchev–Trinajstić information content (AvgIpc) is 2.36. The molecule has 0 aliphatic heterocycles. The van der Waals surface area contributed by atoms with Crippen molar-refractivity contribution < 1.29 is 32.2 Å². The Bertz CT molecular complexity index is 642. The molecule has 0 aliphatic carbocycles. The molecular weight excluding hydrogens is 293 g/mol. The number of benzene rings is 1. The number of carboxylic acid groups (broad SMARTS) is 1. The van der Waals surface area contributed by atoms with Crippen LogP contribution in [0.25, 0.3) is 0 Å². The highest BCUT2D eigenvalue weighted by molar-refractivity contribution is 7.89. The summed E-state index contributed by atoms with van der Waals surface area (Å²) in [5.41, 5.74) is -0.516. The third-order valence-electron chi connectivity index (χ3n) is 2.34. The molecule has 0 bridgehead atoms. The highest BCUT2D eigenvalue weighted by Crippen LogP contribution is 2.18. The largest absolute Gasteiger partial charge is 0.480 e. The molecule has 0 amide bonds. The predicted molar refractivity (Wildman–Crippen MR) is 65.2 cm³/mol. The van der Waals surface area contributed by atoms with Crippen LogP contribution in [0.2, 0.25) is 0 Å². The first kappa shape index (κ1) is 16.1. The number of esters is 1. The highest BCUT2D eigenvalue weighted by atomic mass is 32.2. The highest BCUT2D eigenvalue weighted by Gasteiger charge is 2.27. The van der Waals surface area contributed by atoms with E-state index in [2.05, 4.69) is 4.74 Å². The Morgan fingerprint density at radius 2 is 2.00 bits per heavy atom. The minimum Gasteiger partial charge on any atom is -0.480 e. The molecule has 0 saturated carbocycles. The second kappa shape index (κ2) is 5.97. The molecule has 0 heterocycles. The molecule has 1 aromatic rings. The fourth-order valence-electron chi connectivity index (χ4n) is 1.35. The summed E-state index contributed by atoms with van der Waals surface area (Å²) in [5.74, 6) is -3.27. The number of nitrogens with one attached hydrogen (secondary N) is 1. The van der Waals surface area contributed by atoms with Gasteiger partial charge in [-0.15, -0.1) is 0 Å². The van der Waals surface area contributed by atoms with Crippen LogP contribution in [0.3, 0.4) is 0 Å². The molecule has 0 unspecified atom stereocenters. The van der Waals surface area contributed by atoms with Gasteiger partial charge in [0.05, 0.1) is 17.6 Å². The van der Waals surface area contributed by atoms with Crippen LogP contribution in [-0.4, -0.2) is 38.6 Å². The van der Waals surface area contributed by atoms with E-state index in [1.165, 1.54) is 0 Å². The van der Waals surface area contributed by atoms with Gasteiger partial charge in [-0.3, -0.25) is 4.79 Å². The summed E-state index contributed by atoms with van der Waals surface area (Å²) in [7, 11) is -3.29. The Morgan fingerprint density at radius 1 is 1.40 bits per heavy atom. The van der Waals surface area contributed by atoms with Crippen molar-refractivity contribution in [3.05, 3.63) is 29.6 Å². The number of hydrogen-bond donors (Lipinski definition) is 2. The molecule has 2 N–H and O–H groups in total. The van der Waals surface area contributed by atoms with E-state index in [0.717, 1.165) is 26.2 Å². The molecular formula is C11H12FNO6S. The molecule has 0 saturated heterocycles. The molecule has 1 rings (SSSR count). The molecule has 9 heteroatoms. The van der Waals surface area contributed by atoms with Crippen molar-refractivity contribution in [3.8, 4) is 0 Å². The van der Waals surface area contributed by atoms with Gasteiger partial charge in [-0.1, -0.05) is 0 Å². The van der Waals surface area contributed by atoms with E-state index in [9.17, 15) is 22.4 Å². The lowest BCUT2D eigenvalue weighted by molar-refractivity contribution is -0.138. The summed E-state index contributed by atoms with van der Waals surface area (Å²) in [6.45, 7) is 1.11. The molecule has 1 atom stereocenters. The van der Waals surface area contributed by atoms with Gasteiger partial charge in [-0.25, -0.2) is 17.6 Å². The molecule has 20 heavy (non-hydrogen) atoms. The standard InChI is InChI=1S/C11H12FNO6S/c1-6(10(14)15)13-20(17,18)9-4-3-7(12)5-8(9)11(16)19-2/h3-6,13H,1-2H3,(H,14,15)/t6-/m1/s1. The van der Waals surface area contributed by atoms with Crippen LogP contribution in [0.4, 0.5) is 4.39 Å². The van der Waals surface area contributed by atoms with Crippen LogP contribution in [0.5, 0.6) is 0 Å². The Balaban J connectivity index is 3.31. The zero-order chi connectivity index (χ0) is 15.5. The van der Waals surface area contributed by atoms with E-state index in [4.69, 9.17) is 5.11 Å². The predicted octanol–water partition coefficient (Wildman–Crippen LogP) is 0.364. The number of carbonyl (C=O) groups excluding carboxylic acids is 1. The molecule has 0 aromatic heterocycles. The monoisotopic (exact) mass is 305 g/mol. The first-order valence-corrected chi connectivity index (χ1v) is 6.80. The fraction of sp³-hybridized carbons (Fsp3) is 0.273. The number of ether oxygens (including phenoxy) is 1. The van der Waals surface area contributed by atoms with Gasteiger partial charge in [0.25, 0.3) is 0 Å². The maximum absolute atomic E-state index is 13.1. The average molecular weight is 305 g/mol. The van der Waals surface area contributed by atoms with Crippen LogP contribution in [-0.2, 0) is 19.6 Å². The van der Waals surface area contributed by atoms with Gasteiger partial charge in [0.2, 0.25) is 10.0 Å². The minimum atomic E-state index is -4.31. The van der Waals surface area contributed by atoms with E-state index in [-0.39, 0.29) is 0 Å². The van der Waals surface area contributed by atoms with Crippen molar-refractivity contribution in [1.29, 1.82) is 0 Å². The van der Waals surface area contributed by atoms with E-state index >= 15 is 0 Å². The van der Waals surface area contributed by atoms with E-state index in [1.54, 1.807) is 0 Å². The number of carbonyl (C=O) groups is 2. The Kier molecular flexibility index (Phi) is 4.79. The lowest BCUT2D eigenvalue weighted by Gasteiger charge is -2.12. The minimum absolute atomic E-state index is 0.516. The van der Waals surface area contributed by atoms with E-state index in [0.29, 0.717) is 6.07 Å². The van der Waals surface area contributed by atoms with Crippen LogP contribution < -0.4 is 4.72 Å². The third kappa shape index (κ3) is 3.52. The number of aliphatic carboxylic acids is 1. The molecule has 0 aliphatic rings. The second-order valence-corrected chi connectivity index (χ2v) is 5.50. The van der Waals surface area contributed by atoms with Gasteiger partial charge in [0, 0.05) is 0 Å². The Labute approximate surface area is 114 Å². The van der Waals surface area contributed by atoms with Gasteiger partial charge in [-0.2, -0.15) is 4.72 Å². The van der Waals surface area contributed by atoms with E-state index in [1.807, 2.05) is 4.72 Å². The zero-order valence-electron chi connectivity index (χ0n) is 10.6. The lowest BCUT2D eigenvalue weighted by atomic mass is 10.2. The Morgan fingerprint density at radius 3 is 2.50 bits per heavy atom. The maximum atomic E-state index is 13.1. The molecule has 110 valence electrons. The molecule has 0 spiro atoms. The summed E-state index contributed by atoms with van der Waals surface area (Å²) in [4.78, 5) is 21.6. The van der Waals surface area contributed by atoms with E-state index < -0.39 is 44.3 Å².